The van der Waals surface area contributed by atoms with Gasteiger partial charge in [0.05, 0.1) is 25.4 Å². The average Bonchev–Trinajstić information content (AvgIpc) is 3.51. The first-order valence-corrected chi connectivity index (χ1v) is 39.1. The van der Waals surface area contributed by atoms with E-state index in [4.69, 9.17) is 4.74 Å². The average molecular weight is 1200 g/mol. The molecule has 0 aliphatic carbocycles. The highest BCUT2D eigenvalue weighted by molar-refractivity contribution is 5.76. The van der Waals surface area contributed by atoms with Gasteiger partial charge in [-0.15, -0.1) is 0 Å². The number of hydrogen-bond donors (Lipinski definition) is 3. The molecule has 0 saturated carbocycles. The van der Waals surface area contributed by atoms with Crippen molar-refractivity contribution in [2.45, 2.75) is 456 Å². The minimum Gasteiger partial charge on any atom is -0.466 e. The van der Waals surface area contributed by atoms with E-state index in [0.717, 1.165) is 51.4 Å². The van der Waals surface area contributed by atoms with Crippen LogP contribution in [0, 0.1) is 0 Å². The molecule has 0 spiro atoms. The summed E-state index contributed by atoms with van der Waals surface area (Å²) in [6.45, 7) is 4.97. The third-order valence-corrected chi connectivity index (χ3v) is 18.5. The van der Waals surface area contributed by atoms with Crippen molar-refractivity contribution in [2.24, 2.45) is 0 Å². The predicted molar refractivity (Wildman–Crippen MR) is 375 cm³/mol. The zero-order chi connectivity index (χ0) is 61.3. The molecule has 0 aromatic carbocycles. The summed E-state index contributed by atoms with van der Waals surface area (Å²) < 4.78 is 5.51. The maximum Gasteiger partial charge on any atom is 0.305 e. The molecule has 0 aromatic heterocycles. The molecule has 0 aromatic rings. The van der Waals surface area contributed by atoms with Crippen molar-refractivity contribution in [2.75, 3.05) is 13.2 Å². The van der Waals surface area contributed by atoms with Gasteiger partial charge >= 0.3 is 5.97 Å². The Bertz CT molecular complexity index is 1330. The van der Waals surface area contributed by atoms with Gasteiger partial charge in [-0.2, -0.15) is 0 Å². The number of unbranched alkanes of at least 4 members (excludes halogenated alkanes) is 59. The van der Waals surface area contributed by atoms with Gasteiger partial charge in [-0.1, -0.05) is 398 Å². The zero-order valence-electron chi connectivity index (χ0n) is 57.9. The SMILES string of the molecule is CCCCC/C=C\C/C=C\CCCCCCCCCC(=O)OCCCCCCCCCCCCCCCCCCCCCCCCCCCCCCCCCCCC(=O)NC(CO)C(O)CCCCCCCCCCCCCCCCCCCC. The highest BCUT2D eigenvalue weighted by atomic mass is 16.5. The topological polar surface area (TPSA) is 95.9 Å². The number of rotatable bonds is 74. The number of nitrogens with one attached hydrogen (secondary N) is 1. The molecule has 0 fully saturated rings. The summed E-state index contributed by atoms with van der Waals surface area (Å²) >= 11 is 0. The van der Waals surface area contributed by atoms with E-state index >= 15 is 0 Å². The fraction of sp³-hybridized carbons (Fsp3) is 0.924. The van der Waals surface area contributed by atoms with Gasteiger partial charge in [0.25, 0.3) is 0 Å². The second-order valence-electron chi connectivity index (χ2n) is 27.0. The fourth-order valence-electron chi connectivity index (χ4n) is 12.6. The quantitative estimate of drug-likeness (QED) is 0.0320. The van der Waals surface area contributed by atoms with Crippen molar-refractivity contribution in [3.05, 3.63) is 24.3 Å². The van der Waals surface area contributed by atoms with Crippen LogP contribution in [0.4, 0.5) is 0 Å². The van der Waals surface area contributed by atoms with E-state index in [-0.39, 0.29) is 18.5 Å². The van der Waals surface area contributed by atoms with Gasteiger partial charge in [0, 0.05) is 12.8 Å². The highest BCUT2D eigenvalue weighted by Gasteiger charge is 2.20. The number of ether oxygens (including phenoxy) is 1. The zero-order valence-corrected chi connectivity index (χ0v) is 57.9. The summed E-state index contributed by atoms with van der Waals surface area (Å²) in [7, 11) is 0. The van der Waals surface area contributed by atoms with Gasteiger partial charge in [0.2, 0.25) is 5.91 Å². The molecule has 0 saturated heterocycles. The molecule has 0 rings (SSSR count). The number of amides is 1. The normalized spacial score (nSPS) is 12.6. The minimum absolute atomic E-state index is 0.0148. The molecule has 1 amide bonds. The van der Waals surface area contributed by atoms with Crippen LogP contribution >= 0.6 is 0 Å². The van der Waals surface area contributed by atoms with Crippen LogP contribution in [0.2, 0.25) is 0 Å². The number of aliphatic hydroxyl groups is 2. The monoisotopic (exact) mass is 1200 g/mol. The van der Waals surface area contributed by atoms with Gasteiger partial charge < -0.3 is 20.3 Å². The number of aliphatic hydroxyl groups excluding tert-OH is 2. The van der Waals surface area contributed by atoms with E-state index in [9.17, 15) is 19.8 Å². The van der Waals surface area contributed by atoms with Crippen molar-refractivity contribution in [3.8, 4) is 0 Å². The molecule has 2 atom stereocenters. The predicted octanol–water partition coefficient (Wildman–Crippen LogP) is 25.7. The van der Waals surface area contributed by atoms with Crippen molar-refractivity contribution in [1.82, 2.24) is 5.32 Å². The molecule has 2 unspecified atom stereocenters. The van der Waals surface area contributed by atoms with Crippen molar-refractivity contribution in [1.29, 1.82) is 0 Å². The summed E-state index contributed by atoms with van der Waals surface area (Å²) in [5.41, 5.74) is 0. The maximum atomic E-state index is 12.5. The number of carbonyl (C=O) groups excluding carboxylic acids is 2. The Kier molecular flexibility index (Phi) is 73.3. The first-order valence-electron chi connectivity index (χ1n) is 39.1. The Morgan fingerprint density at radius 3 is 0.918 bits per heavy atom. The Morgan fingerprint density at radius 2 is 0.588 bits per heavy atom. The molecule has 0 heterocycles. The van der Waals surface area contributed by atoms with Gasteiger partial charge in [-0.25, -0.2) is 0 Å². The lowest BCUT2D eigenvalue weighted by atomic mass is 10.0. The van der Waals surface area contributed by atoms with Crippen molar-refractivity contribution < 1.29 is 24.5 Å². The molecule has 504 valence electrons. The van der Waals surface area contributed by atoms with Crippen LogP contribution in [-0.2, 0) is 14.3 Å². The Morgan fingerprint density at radius 1 is 0.329 bits per heavy atom. The summed E-state index contributed by atoms with van der Waals surface area (Å²) in [6, 6.07) is -0.538. The van der Waals surface area contributed by atoms with Crippen molar-refractivity contribution >= 4 is 11.9 Å². The fourth-order valence-corrected chi connectivity index (χ4v) is 12.6. The first-order chi connectivity index (χ1) is 42.0. The van der Waals surface area contributed by atoms with E-state index in [2.05, 4.69) is 43.5 Å². The van der Waals surface area contributed by atoms with Crippen LogP contribution in [0.25, 0.3) is 0 Å². The Balaban J connectivity index is 3.31. The smallest absolute Gasteiger partial charge is 0.305 e. The van der Waals surface area contributed by atoms with E-state index in [1.54, 1.807) is 0 Å². The Labute approximate surface area is 532 Å². The second kappa shape index (κ2) is 74.8. The van der Waals surface area contributed by atoms with Crippen LogP contribution in [-0.4, -0.2) is 47.4 Å². The number of allylic oxidation sites excluding steroid dienone is 4. The molecular weight excluding hydrogens is 1040 g/mol. The summed E-state index contributed by atoms with van der Waals surface area (Å²) in [4.78, 5) is 24.6. The summed E-state index contributed by atoms with van der Waals surface area (Å²) in [6.07, 6.45) is 95.5. The minimum atomic E-state index is -0.661. The standard InChI is InChI=1S/C79H153NO5/c1-3-5-7-9-11-13-15-17-19-21-40-43-47-51-55-59-63-67-71-77(82)76(75-81)80-78(83)72-68-64-60-56-52-48-44-41-37-35-33-31-29-27-25-23-22-24-26-28-30-32-34-36-38-42-46-50-54-58-62-66-70-74-85-79(84)73-69-65-61-57-53-49-45-39-20-18-16-14-12-10-8-6-4-2/h12,14,18,20,76-77,81-82H,3-11,13,15-17,19,21-75H2,1-2H3,(H,80,83)/b14-12-,20-18-. The molecule has 0 radical (unpaired) electrons. The molecular formula is C79H153NO5. The maximum absolute atomic E-state index is 12.5. The van der Waals surface area contributed by atoms with E-state index in [1.165, 1.54) is 360 Å². The van der Waals surface area contributed by atoms with Crippen molar-refractivity contribution in [3.63, 3.8) is 0 Å². The van der Waals surface area contributed by atoms with Gasteiger partial charge in [-0.3, -0.25) is 9.59 Å². The lowest BCUT2D eigenvalue weighted by Gasteiger charge is -2.22. The van der Waals surface area contributed by atoms with Crippen LogP contribution in [0.1, 0.15) is 444 Å². The molecule has 6 nitrogen and oxygen atoms in total. The molecule has 6 heteroatoms. The van der Waals surface area contributed by atoms with Crippen LogP contribution in [0.5, 0.6) is 0 Å². The molecule has 0 aliphatic heterocycles. The highest BCUT2D eigenvalue weighted by Crippen LogP contribution is 2.20. The summed E-state index contributed by atoms with van der Waals surface area (Å²) in [5, 5.41) is 23.4. The second-order valence-corrected chi connectivity index (χ2v) is 27.0. The largest absolute Gasteiger partial charge is 0.466 e. The van der Waals surface area contributed by atoms with E-state index in [0.29, 0.717) is 25.9 Å². The first kappa shape index (κ1) is 83.3. The number of carbonyl (C=O) groups is 2. The van der Waals surface area contributed by atoms with Crippen LogP contribution in [0.15, 0.2) is 24.3 Å². The third kappa shape index (κ3) is 71.3. The molecule has 3 N–H and O–H groups in total. The Hall–Kier alpha value is -1.66. The third-order valence-electron chi connectivity index (χ3n) is 18.5. The summed E-state index contributed by atoms with van der Waals surface area (Å²) in [5.74, 6) is -0.0108. The lowest BCUT2D eigenvalue weighted by molar-refractivity contribution is -0.143. The van der Waals surface area contributed by atoms with E-state index < -0.39 is 12.1 Å². The molecule has 0 aliphatic rings. The van der Waals surface area contributed by atoms with Crippen LogP contribution in [0.3, 0.4) is 0 Å². The van der Waals surface area contributed by atoms with Gasteiger partial charge in [-0.05, 0) is 57.8 Å². The van der Waals surface area contributed by atoms with Crippen LogP contribution < -0.4 is 5.32 Å². The molecule has 0 bridgehead atoms. The molecule has 85 heavy (non-hydrogen) atoms. The van der Waals surface area contributed by atoms with Gasteiger partial charge in [0.1, 0.15) is 0 Å². The van der Waals surface area contributed by atoms with Gasteiger partial charge in [0.15, 0.2) is 0 Å². The van der Waals surface area contributed by atoms with E-state index in [1.807, 2.05) is 0 Å². The lowest BCUT2D eigenvalue weighted by Crippen LogP contribution is -2.45. The number of hydrogen-bond acceptors (Lipinski definition) is 5. The number of esters is 1.